The molecule has 2 aromatic carbocycles. The summed E-state index contributed by atoms with van der Waals surface area (Å²) in [7, 11) is 1.45. The van der Waals surface area contributed by atoms with E-state index in [9.17, 15) is 14.7 Å². The molecule has 1 N–H and O–H groups in total. The highest BCUT2D eigenvalue weighted by Crippen LogP contribution is 2.39. The van der Waals surface area contributed by atoms with Gasteiger partial charge in [-0.25, -0.2) is 4.79 Å². The van der Waals surface area contributed by atoms with Gasteiger partial charge in [0.2, 0.25) is 0 Å². The minimum atomic E-state index is -1.09. The molecule has 1 fully saturated rings. The Morgan fingerprint density at radius 1 is 0.927 bits per heavy atom. The van der Waals surface area contributed by atoms with Gasteiger partial charge < -0.3 is 19.3 Å². The molecule has 1 aliphatic heterocycles. The number of hydrogen-bond acceptors (Lipinski definition) is 6. The zero-order chi connectivity index (χ0) is 29.6. The summed E-state index contributed by atoms with van der Waals surface area (Å²) in [5.74, 6) is -0.994. The van der Waals surface area contributed by atoms with Crippen molar-refractivity contribution in [1.29, 1.82) is 0 Å². The first-order valence-corrected chi connectivity index (χ1v) is 15.5. The zero-order valence-corrected chi connectivity index (χ0v) is 25.3. The van der Waals surface area contributed by atoms with Crippen LogP contribution in [0.1, 0.15) is 115 Å². The van der Waals surface area contributed by atoms with Crippen LogP contribution in [-0.4, -0.2) is 41.5 Å². The molecule has 2 aromatic rings. The molecule has 1 saturated heterocycles. The highest BCUT2D eigenvalue weighted by molar-refractivity contribution is 5.79. The van der Waals surface area contributed by atoms with Gasteiger partial charge in [0.15, 0.2) is 12.2 Å². The van der Waals surface area contributed by atoms with Gasteiger partial charge in [-0.05, 0) is 44.2 Å². The van der Waals surface area contributed by atoms with Gasteiger partial charge in [0.05, 0.1) is 12.0 Å². The van der Waals surface area contributed by atoms with Gasteiger partial charge >= 0.3 is 11.9 Å². The van der Waals surface area contributed by atoms with Crippen molar-refractivity contribution in [3.8, 4) is 0 Å². The van der Waals surface area contributed by atoms with Gasteiger partial charge in [-0.1, -0.05) is 118 Å². The van der Waals surface area contributed by atoms with E-state index in [1.54, 1.807) is 26.0 Å². The average Bonchev–Trinajstić information content (AvgIpc) is 3.21. The Hall–Kier alpha value is -2.70. The van der Waals surface area contributed by atoms with E-state index in [2.05, 4.69) is 30.3 Å². The predicted octanol–water partition coefficient (Wildman–Crippen LogP) is 7.67. The SMILES string of the molecule is CO[C@H](C(=O)O[C@@H]1CC(=O)O[C@]1(C)C[C@@](C)(O)CCCCCCCCCCCCc1ccccc1)c1ccccc1. The fourth-order valence-electron chi connectivity index (χ4n) is 5.99. The molecule has 226 valence electrons. The van der Waals surface area contributed by atoms with E-state index in [4.69, 9.17) is 14.2 Å². The molecular formula is C35H50O6. The summed E-state index contributed by atoms with van der Waals surface area (Å²) < 4.78 is 16.8. The Morgan fingerprint density at radius 2 is 1.46 bits per heavy atom. The van der Waals surface area contributed by atoms with Crippen LogP contribution in [0.5, 0.6) is 0 Å². The molecule has 4 atom stereocenters. The number of unbranched alkanes of at least 4 members (excludes halogenated alkanes) is 9. The third-order valence-corrected chi connectivity index (χ3v) is 8.20. The maximum absolute atomic E-state index is 13.0. The number of hydrogen-bond donors (Lipinski definition) is 1. The summed E-state index contributed by atoms with van der Waals surface area (Å²) in [6.07, 6.45) is 12.4. The van der Waals surface area contributed by atoms with Crippen LogP contribution < -0.4 is 0 Å². The molecule has 0 radical (unpaired) electrons. The number of rotatable bonds is 19. The molecular weight excluding hydrogens is 516 g/mol. The van der Waals surface area contributed by atoms with Crippen LogP contribution in [0.15, 0.2) is 60.7 Å². The normalized spacial score (nSPS) is 20.8. The molecule has 6 nitrogen and oxygen atoms in total. The summed E-state index contributed by atoms with van der Waals surface area (Å²) in [6, 6.07) is 19.8. The van der Waals surface area contributed by atoms with Crippen LogP contribution >= 0.6 is 0 Å². The van der Waals surface area contributed by atoms with Crippen LogP contribution in [0, 0.1) is 0 Å². The maximum atomic E-state index is 13.0. The van der Waals surface area contributed by atoms with Crippen molar-refractivity contribution in [3.63, 3.8) is 0 Å². The third kappa shape index (κ3) is 11.2. The van der Waals surface area contributed by atoms with Crippen molar-refractivity contribution in [3.05, 3.63) is 71.8 Å². The van der Waals surface area contributed by atoms with Gasteiger partial charge in [0.1, 0.15) is 5.60 Å². The van der Waals surface area contributed by atoms with Crippen molar-refractivity contribution in [2.24, 2.45) is 0 Å². The monoisotopic (exact) mass is 566 g/mol. The lowest BCUT2D eigenvalue weighted by Gasteiger charge is -2.36. The first-order valence-electron chi connectivity index (χ1n) is 15.5. The van der Waals surface area contributed by atoms with Crippen LogP contribution in [0.2, 0.25) is 0 Å². The quantitative estimate of drug-likeness (QED) is 0.139. The minimum Gasteiger partial charge on any atom is -0.455 e. The van der Waals surface area contributed by atoms with E-state index in [0.717, 1.165) is 19.3 Å². The van der Waals surface area contributed by atoms with Crippen molar-refractivity contribution in [2.45, 2.75) is 127 Å². The number of ether oxygens (including phenoxy) is 3. The van der Waals surface area contributed by atoms with Gasteiger partial charge in [-0.3, -0.25) is 4.79 Å². The molecule has 0 spiro atoms. The van der Waals surface area contributed by atoms with E-state index >= 15 is 0 Å². The van der Waals surface area contributed by atoms with Crippen molar-refractivity contribution >= 4 is 11.9 Å². The number of aryl methyl sites for hydroxylation is 1. The van der Waals surface area contributed by atoms with E-state index < -0.39 is 35.3 Å². The van der Waals surface area contributed by atoms with Crippen molar-refractivity contribution in [1.82, 2.24) is 0 Å². The first-order chi connectivity index (χ1) is 19.7. The largest absolute Gasteiger partial charge is 0.455 e. The molecule has 0 aliphatic carbocycles. The number of benzene rings is 2. The number of esters is 2. The van der Waals surface area contributed by atoms with Crippen molar-refractivity contribution < 1.29 is 28.9 Å². The second-order valence-corrected chi connectivity index (χ2v) is 12.1. The van der Waals surface area contributed by atoms with E-state index in [1.165, 1.54) is 64.0 Å². The fraction of sp³-hybridized carbons (Fsp3) is 0.600. The summed E-state index contributed by atoms with van der Waals surface area (Å²) >= 11 is 0. The number of aliphatic hydroxyl groups is 1. The van der Waals surface area contributed by atoms with Crippen LogP contribution in [0.4, 0.5) is 0 Å². The van der Waals surface area contributed by atoms with Crippen LogP contribution in [0.25, 0.3) is 0 Å². The highest BCUT2D eigenvalue weighted by atomic mass is 16.6. The summed E-state index contributed by atoms with van der Waals surface area (Å²) in [4.78, 5) is 25.2. The highest BCUT2D eigenvalue weighted by Gasteiger charge is 2.51. The predicted molar refractivity (Wildman–Crippen MR) is 161 cm³/mol. The number of cyclic esters (lactones) is 1. The maximum Gasteiger partial charge on any atom is 0.340 e. The second-order valence-electron chi connectivity index (χ2n) is 12.1. The van der Waals surface area contributed by atoms with Crippen LogP contribution in [0.3, 0.4) is 0 Å². The van der Waals surface area contributed by atoms with Crippen molar-refractivity contribution in [2.75, 3.05) is 7.11 Å². The first kappa shape index (κ1) is 32.8. The Kier molecular flexibility index (Phi) is 13.3. The van der Waals surface area contributed by atoms with Gasteiger partial charge in [-0.15, -0.1) is 0 Å². The molecule has 0 amide bonds. The Bertz CT molecular complexity index is 1040. The number of carbonyl (C=O) groups excluding carboxylic acids is 2. The van der Waals surface area contributed by atoms with Gasteiger partial charge in [-0.2, -0.15) is 0 Å². The molecule has 0 bridgehead atoms. The van der Waals surface area contributed by atoms with E-state index in [1.807, 2.05) is 18.2 Å². The molecule has 0 saturated carbocycles. The molecule has 0 unspecified atom stereocenters. The molecule has 3 rings (SSSR count). The lowest BCUT2D eigenvalue weighted by atomic mass is 9.82. The average molecular weight is 567 g/mol. The Balaban J connectivity index is 1.31. The summed E-state index contributed by atoms with van der Waals surface area (Å²) in [5.41, 5.74) is -0.0131. The Morgan fingerprint density at radius 3 is 2.05 bits per heavy atom. The summed E-state index contributed by atoms with van der Waals surface area (Å²) in [5, 5.41) is 11.2. The smallest absolute Gasteiger partial charge is 0.340 e. The fourth-order valence-corrected chi connectivity index (χ4v) is 5.99. The molecule has 6 heteroatoms. The molecule has 0 aromatic heterocycles. The Labute approximate surface area is 246 Å². The number of methoxy groups -OCH3 is 1. The zero-order valence-electron chi connectivity index (χ0n) is 25.3. The van der Waals surface area contributed by atoms with E-state index in [0.29, 0.717) is 12.0 Å². The molecule has 41 heavy (non-hydrogen) atoms. The topological polar surface area (TPSA) is 82.1 Å². The standard InChI is InChI=1S/C35H50O6/c1-34(38,25-19-11-9-7-5-4-6-8-10-14-20-28-21-15-12-16-22-28)27-35(2)30(26-31(36)41-35)40-33(37)32(39-3)29-23-17-13-18-24-29/h12-13,15-18,21-24,30,32,38H,4-11,14,19-20,25-27H2,1-3H3/t30-,32+,34+,35-/m1/s1. The third-order valence-electron chi connectivity index (χ3n) is 8.20. The van der Waals surface area contributed by atoms with E-state index in [-0.39, 0.29) is 12.8 Å². The van der Waals surface area contributed by atoms with Crippen LogP contribution in [-0.2, 0) is 30.2 Å². The summed E-state index contributed by atoms with van der Waals surface area (Å²) in [6.45, 7) is 3.53. The molecule has 1 heterocycles. The number of carbonyl (C=O) groups is 2. The minimum absolute atomic E-state index is 0.0312. The van der Waals surface area contributed by atoms with Gasteiger partial charge in [0, 0.05) is 13.5 Å². The lowest BCUT2D eigenvalue weighted by Crippen LogP contribution is -2.46. The molecule has 1 aliphatic rings. The second kappa shape index (κ2) is 16.7. The van der Waals surface area contributed by atoms with Gasteiger partial charge in [0.25, 0.3) is 0 Å². The lowest BCUT2D eigenvalue weighted by molar-refractivity contribution is -0.177.